The molecule has 1 aromatic carbocycles. The Balaban J connectivity index is 1.55. The van der Waals surface area contributed by atoms with Gasteiger partial charge in [-0.3, -0.25) is 0 Å². The minimum atomic E-state index is 0.591. The summed E-state index contributed by atoms with van der Waals surface area (Å²) in [5.74, 6) is 10.4. The van der Waals surface area contributed by atoms with E-state index >= 15 is 0 Å². The third-order valence-electron chi connectivity index (χ3n) is 4.63. The second-order valence-corrected chi connectivity index (χ2v) is 6.39. The Morgan fingerprint density at radius 2 is 2.20 bits per heavy atom. The van der Waals surface area contributed by atoms with Gasteiger partial charge in [-0.05, 0) is 55.2 Å². The molecule has 1 aromatic rings. The van der Waals surface area contributed by atoms with Crippen LogP contribution in [-0.4, -0.2) is 12.5 Å². The van der Waals surface area contributed by atoms with Gasteiger partial charge in [-0.2, -0.15) is 0 Å². The normalized spacial score (nSPS) is 27.1. The van der Waals surface area contributed by atoms with Gasteiger partial charge < -0.3 is 4.74 Å². The molecule has 0 saturated heterocycles. The summed E-state index contributed by atoms with van der Waals surface area (Å²) in [6, 6.07) is 8.10. The van der Waals surface area contributed by atoms with Gasteiger partial charge in [-0.1, -0.05) is 24.3 Å². The summed E-state index contributed by atoms with van der Waals surface area (Å²) < 4.78 is 6.00. The molecule has 20 heavy (non-hydrogen) atoms. The molecule has 3 unspecified atom stereocenters. The third kappa shape index (κ3) is 3.30. The van der Waals surface area contributed by atoms with Crippen molar-refractivity contribution >= 4 is 11.6 Å². The van der Waals surface area contributed by atoms with Gasteiger partial charge in [0.1, 0.15) is 5.75 Å². The van der Waals surface area contributed by atoms with Gasteiger partial charge >= 0.3 is 0 Å². The highest BCUT2D eigenvalue weighted by atomic mass is 35.5. The topological polar surface area (TPSA) is 9.23 Å². The van der Waals surface area contributed by atoms with Crippen molar-refractivity contribution in [3.05, 3.63) is 29.8 Å². The van der Waals surface area contributed by atoms with Crippen molar-refractivity contribution in [2.75, 3.05) is 12.5 Å². The quantitative estimate of drug-likeness (QED) is 0.586. The van der Waals surface area contributed by atoms with Gasteiger partial charge in [0.2, 0.25) is 0 Å². The van der Waals surface area contributed by atoms with Crippen molar-refractivity contribution in [1.82, 2.24) is 0 Å². The predicted octanol–water partition coefficient (Wildman–Crippen LogP) is 4.48. The molecule has 2 heteroatoms. The van der Waals surface area contributed by atoms with Crippen LogP contribution in [0, 0.1) is 29.6 Å². The molecular formula is C18H21ClO. The summed E-state index contributed by atoms with van der Waals surface area (Å²) in [7, 11) is 0. The first kappa shape index (κ1) is 13.8. The van der Waals surface area contributed by atoms with E-state index in [1.807, 2.05) is 24.3 Å². The zero-order valence-corrected chi connectivity index (χ0v) is 12.5. The predicted molar refractivity (Wildman–Crippen MR) is 83.1 cm³/mol. The number of fused-ring (bicyclic) bond motifs is 2. The van der Waals surface area contributed by atoms with Gasteiger partial charge in [0.15, 0.2) is 0 Å². The Morgan fingerprint density at radius 3 is 2.95 bits per heavy atom. The van der Waals surface area contributed by atoms with Crippen molar-refractivity contribution in [3.63, 3.8) is 0 Å². The monoisotopic (exact) mass is 288 g/mol. The van der Waals surface area contributed by atoms with E-state index in [4.69, 9.17) is 16.3 Å². The van der Waals surface area contributed by atoms with Crippen LogP contribution in [-0.2, 0) is 0 Å². The summed E-state index contributed by atoms with van der Waals surface area (Å²) in [4.78, 5) is 0. The molecule has 2 aliphatic carbocycles. The van der Waals surface area contributed by atoms with Gasteiger partial charge in [-0.15, -0.1) is 11.6 Å². The van der Waals surface area contributed by atoms with Crippen LogP contribution in [0.1, 0.15) is 37.7 Å². The number of benzene rings is 1. The summed E-state index contributed by atoms with van der Waals surface area (Å²) >= 11 is 5.63. The van der Waals surface area contributed by atoms with Crippen molar-refractivity contribution < 1.29 is 4.74 Å². The molecule has 2 fully saturated rings. The lowest BCUT2D eigenvalue weighted by atomic mass is 9.89. The number of halogens is 1. The summed E-state index contributed by atoms with van der Waals surface area (Å²) in [6.45, 7) is 0.875. The van der Waals surface area contributed by atoms with Crippen molar-refractivity contribution in [1.29, 1.82) is 0 Å². The van der Waals surface area contributed by atoms with Crippen LogP contribution in [0.25, 0.3) is 0 Å². The molecule has 2 bridgehead atoms. The number of hydrogen-bond acceptors (Lipinski definition) is 1. The molecule has 0 N–H and O–H groups in total. The molecule has 0 aromatic heterocycles. The van der Waals surface area contributed by atoms with E-state index in [1.54, 1.807) is 0 Å². The largest absolute Gasteiger partial charge is 0.493 e. The third-order valence-corrected chi connectivity index (χ3v) is 4.82. The summed E-state index contributed by atoms with van der Waals surface area (Å²) in [5, 5.41) is 0. The van der Waals surface area contributed by atoms with Gasteiger partial charge in [0, 0.05) is 17.9 Å². The molecule has 2 aliphatic rings. The van der Waals surface area contributed by atoms with E-state index in [9.17, 15) is 0 Å². The maximum Gasteiger partial charge on any atom is 0.120 e. The number of rotatable bonds is 4. The minimum Gasteiger partial charge on any atom is -0.493 e. The first-order valence-corrected chi connectivity index (χ1v) is 8.16. The van der Waals surface area contributed by atoms with Crippen LogP contribution in [0.15, 0.2) is 24.3 Å². The fraction of sp³-hybridized carbons (Fsp3) is 0.556. The molecule has 3 rings (SSSR count). The lowest BCUT2D eigenvalue weighted by Gasteiger charge is -2.21. The van der Waals surface area contributed by atoms with Crippen LogP contribution >= 0.6 is 11.6 Å². The van der Waals surface area contributed by atoms with Crippen LogP contribution in [0.2, 0.25) is 0 Å². The SMILES string of the molecule is ClCCC#Cc1cccc(OCC2CC3CCC2C3)c1. The van der Waals surface area contributed by atoms with Gasteiger partial charge in [0.05, 0.1) is 6.61 Å². The van der Waals surface area contributed by atoms with Crippen molar-refractivity contribution in [2.24, 2.45) is 17.8 Å². The Morgan fingerprint density at radius 1 is 1.25 bits per heavy atom. The summed E-state index contributed by atoms with van der Waals surface area (Å²) in [5.41, 5.74) is 1.01. The molecule has 0 amide bonds. The van der Waals surface area contributed by atoms with Crippen LogP contribution in [0.3, 0.4) is 0 Å². The van der Waals surface area contributed by atoms with Gasteiger partial charge in [0.25, 0.3) is 0 Å². The highest BCUT2D eigenvalue weighted by Crippen LogP contribution is 2.48. The first-order valence-electron chi connectivity index (χ1n) is 7.63. The van der Waals surface area contributed by atoms with Crippen molar-refractivity contribution in [2.45, 2.75) is 32.1 Å². The average molecular weight is 289 g/mol. The lowest BCUT2D eigenvalue weighted by Crippen LogP contribution is -2.18. The number of hydrogen-bond donors (Lipinski definition) is 0. The Hall–Kier alpha value is -1.13. The van der Waals surface area contributed by atoms with E-state index in [0.29, 0.717) is 5.88 Å². The molecule has 0 radical (unpaired) electrons. The Kier molecular flexibility index (Phi) is 4.53. The summed E-state index contributed by atoms with van der Waals surface area (Å²) in [6.07, 6.45) is 6.42. The van der Waals surface area contributed by atoms with E-state index < -0.39 is 0 Å². The second-order valence-electron chi connectivity index (χ2n) is 6.01. The highest BCUT2D eigenvalue weighted by molar-refractivity contribution is 6.18. The molecule has 1 nitrogen and oxygen atoms in total. The molecule has 3 atom stereocenters. The average Bonchev–Trinajstić information content (AvgIpc) is 3.08. The zero-order valence-electron chi connectivity index (χ0n) is 11.8. The Labute approximate surface area is 126 Å². The van der Waals surface area contributed by atoms with E-state index in [1.165, 1.54) is 25.7 Å². The number of ether oxygens (including phenoxy) is 1. The highest BCUT2D eigenvalue weighted by Gasteiger charge is 2.39. The Bertz CT molecular complexity index is 514. The van der Waals surface area contributed by atoms with Crippen LogP contribution < -0.4 is 4.74 Å². The van der Waals surface area contributed by atoms with E-state index in [0.717, 1.165) is 42.1 Å². The van der Waals surface area contributed by atoms with E-state index in [2.05, 4.69) is 11.8 Å². The maximum atomic E-state index is 6.00. The molecule has 106 valence electrons. The molecular weight excluding hydrogens is 268 g/mol. The molecule has 2 saturated carbocycles. The number of alkyl halides is 1. The van der Waals surface area contributed by atoms with Gasteiger partial charge in [-0.25, -0.2) is 0 Å². The van der Waals surface area contributed by atoms with E-state index in [-0.39, 0.29) is 0 Å². The van der Waals surface area contributed by atoms with Crippen LogP contribution in [0.4, 0.5) is 0 Å². The fourth-order valence-electron chi connectivity index (χ4n) is 3.66. The first-order chi connectivity index (χ1) is 9.85. The minimum absolute atomic E-state index is 0.591. The van der Waals surface area contributed by atoms with Crippen molar-refractivity contribution in [3.8, 4) is 17.6 Å². The molecule has 0 heterocycles. The maximum absolute atomic E-state index is 6.00. The van der Waals surface area contributed by atoms with Crippen LogP contribution in [0.5, 0.6) is 5.75 Å². The second kappa shape index (κ2) is 6.55. The molecule has 0 spiro atoms. The zero-order chi connectivity index (χ0) is 13.8. The fourth-order valence-corrected chi connectivity index (χ4v) is 3.75. The lowest BCUT2D eigenvalue weighted by molar-refractivity contribution is 0.195. The molecule has 0 aliphatic heterocycles. The smallest absolute Gasteiger partial charge is 0.120 e. The standard InChI is InChI=1S/C18H21ClO/c19-9-2-1-4-14-5-3-6-18(12-14)20-13-17-11-15-7-8-16(17)10-15/h3,5-6,12,15-17H,2,7-11,13H2.